The Morgan fingerprint density at radius 3 is 3.00 bits per heavy atom. The molecule has 0 radical (unpaired) electrons. The van der Waals surface area contributed by atoms with Crippen LogP contribution in [0, 0.1) is 0 Å². The number of hydrogen-bond donors (Lipinski definition) is 1. The number of rotatable bonds is 5. The van der Waals surface area contributed by atoms with E-state index in [2.05, 4.69) is 18.5 Å². The SMILES string of the molecule is C=C(C(=O)O)c1cn(CCCC)cn1. The summed E-state index contributed by atoms with van der Waals surface area (Å²) in [6.07, 6.45) is 5.52. The number of aliphatic carboxylic acids is 1. The second-order valence-electron chi connectivity index (χ2n) is 3.13. The Labute approximate surface area is 82.9 Å². The Morgan fingerprint density at radius 1 is 1.71 bits per heavy atom. The number of unbranched alkanes of at least 4 members (excludes halogenated alkanes) is 1. The predicted molar refractivity (Wildman–Crippen MR) is 53.8 cm³/mol. The van der Waals surface area contributed by atoms with Crippen LogP contribution in [0.4, 0.5) is 0 Å². The van der Waals surface area contributed by atoms with Crippen molar-refractivity contribution >= 4 is 11.5 Å². The van der Waals surface area contributed by atoms with E-state index < -0.39 is 5.97 Å². The molecule has 76 valence electrons. The van der Waals surface area contributed by atoms with Crippen LogP contribution in [0.15, 0.2) is 19.1 Å². The fourth-order valence-corrected chi connectivity index (χ4v) is 1.09. The third kappa shape index (κ3) is 2.45. The molecule has 1 rings (SSSR count). The zero-order valence-electron chi connectivity index (χ0n) is 8.23. The molecule has 0 bridgehead atoms. The van der Waals surface area contributed by atoms with Gasteiger partial charge in [0.15, 0.2) is 0 Å². The van der Waals surface area contributed by atoms with Gasteiger partial charge in [0, 0.05) is 12.7 Å². The molecule has 1 aromatic rings. The molecule has 0 saturated carbocycles. The molecule has 0 spiro atoms. The molecule has 0 atom stereocenters. The Bertz CT molecular complexity index is 342. The number of carboxylic acids is 1. The van der Waals surface area contributed by atoms with Gasteiger partial charge in [-0.05, 0) is 6.42 Å². The van der Waals surface area contributed by atoms with Gasteiger partial charge in [-0.15, -0.1) is 0 Å². The maximum Gasteiger partial charge on any atom is 0.337 e. The molecule has 1 aromatic heterocycles. The Balaban J connectivity index is 2.68. The second kappa shape index (κ2) is 4.60. The summed E-state index contributed by atoms with van der Waals surface area (Å²) in [7, 11) is 0. The first kappa shape index (κ1) is 10.5. The molecule has 4 nitrogen and oxygen atoms in total. The van der Waals surface area contributed by atoms with E-state index >= 15 is 0 Å². The van der Waals surface area contributed by atoms with Crippen LogP contribution < -0.4 is 0 Å². The standard InChI is InChI=1S/C10H14N2O2/c1-3-4-5-12-6-9(11-7-12)8(2)10(13)14/h6-7H,2-5H2,1H3,(H,13,14). The van der Waals surface area contributed by atoms with Gasteiger partial charge in [0.25, 0.3) is 0 Å². The van der Waals surface area contributed by atoms with Crippen LogP contribution in [0.2, 0.25) is 0 Å². The average molecular weight is 194 g/mol. The first-order chi connectivity index (χ1) is 6.65. The molecule has 0 aliphatic rings. The maximum absolute atomic E-state index is 10.6. The number of carboxylic acid groups (broad SMARTS) is 1. The molecule has 0 saturated heterocycles. The van der Waals surface area contributed by atoms with E-state index in [-0.39, 0.29) is 5.57 Å². The Kier molecular flexibility index (Phi) is 3.45. The first-order valence-corrected chi connectivity index (χ1v) is 4.59. The molecule has 0 aliphatic carbocycles. The van der Waals surface area contributed by atoms with Crippen molar-refractivity contribution in [3.63, 3.8) is 0 Å². The van der Waals surface area contributed by atoms with Gasteiger partial charge in [0.2, 0.25) is 0 Å². The van der Waals surface area contributed by atoms with Crippen molar-refractivity contribution in [3.8, 4) is 0 Å². The molecule has 1 heterocycles. The van der Waals surface area contributed by atoms with Crippen LogP contribution in [-0.4, -0.2) is 20.6 Å². The van der Waals surface area contributed by atoms with Crippen LogP contribution in [-0.2, 0) is 11.3 Å². The van der Waals surface area contributed by atoms with Crippen molar-refractivity contribution in [2.24, 2.45) is 0 Å². The smallest absolute Gasteiger partial charge is 0.337 e. The van der Waals surface area contributed by atoms with Gasteiger partial charge < -0.3 is 9.67 Å². The largest absolute Gasteiger partial charge is 0.478 e. The summed E-state index contributed by atoms with van der Waals surface area (Å²) in [4.78, 5) is 14.5. The van der Waals surface area contributed by atoms with Crippen molar-refractivity contribution in [1.29, 1.82) is 0 Å². The lowest BCUT2D eigenvalue weighted by Gasteiger charge is -1.97. The minimum atomic E-state index is -1.02. The maximum atomic E-state index is 10.6. The molecular formula is C10H14N2O2. The summed E-state index contributed by atoms with van der Waals surface area (Å²) in [5, 5.41) is 8.67. The molecule has 0 aromatic carbocycles. The first-order valence-electron chi connectivity index (χ1n) is 4.59. The summed E-state index contributed by atoms with van der Waals surface area (Å²) in [6, 6.07) is 0. The molecule has 0 unspecified atom stereocenters. The quantitative estimate of drug-likeness (QED) is 0.727. The lowest BCUT2D eigenvalue weighted by molar-refractivity contribution is -0.130. The summed E-state index contributed by atoms with van der Waals surface area (Å²) >= 11 is 0. The van der Waals surface area contributed by atoms with Gasteiger partial charge in [0.1, 0.15) is 0 Å². The lowest BCUT2D eigenvalue weighted by atomic mass is 10.2. The van der Waals surface area contributed by atoms with Crippen molar-refractivity contribution < 1.29 is 9.90 Å². The monoisotopic (exact) mass is 194 g/mol. The van der Waals surface area contributed by atoms with Crippen LogP contribution in [0.25, 0.3) is 5.57 Å². The van der Waals surface area contributed by atoms with Gasteiger partial charge in [-0.3, -0.25) is 0 Å². The summed E-state index contributed by atoms with van der Waals surface area (Å²) in [6.45, 7) is 6.42. The van der Waals surface area contributed by atoms with Crippen molar-refractivity contribution in [3.05, 3.63) is 24.8 Å². The van der Waals surface area contributed by atoms with Crippen molar-refractivity contribution in [2.45, 2.75) is 26.3 Å². The third-order valence-corrected chi connectivity index (χ3v) is 1.97. The number of nitrogens with zero attached hydrogens (tertiary/aromatic N) is 2. The molecular weight excluding hydrogens is 180 g/mol. The van der Waals surface area contributed by atoms with Gasteiger partial charge in [-0.2, -0.15) is 0 Å². The average Bonchev–Trinajstić information content (AvgIpc) is 2.61. The number of carbonyl (C=O) groups is 1. The normalized spacial score (nSPS) is 10.1. The molecule has 0 amide bonds. The molecule has 1 N–H and O–H groups in total. The highest BCUT2D eigenvalue weighted by molar-refractivity contribution is 6.13. The lowest BCUT2D eigenvalue weighted by Crippen LogP contribution is -1.98. The van der Waals surface area contributed by atoms with Gasteiger partial charge in [-0.25, -0.2) is 9.78 Å². The molecule has 14 heavy (non-hydrogen) atoms. The summed E-state index contributed by atoms with van der Waals surface area (Å²) in [5.74, 6) is -1.02. The van der Waals surface area contributed by atoms with E-state index in [0.29, 0.717) is 5.69 Å². The highest BCUT2D eigenvalue weighted by atomic mass is 16.4. The van der Waals surface area contributed by atoms with E-state index in [9.17, 15) is 4.79 Å². The van der Waals surface area contributed by atoms with E-state index in [1.807, 2.05) is 4.57 Å². The number of hydrogen-bond acceptors (Lipinski definition) is 2. The minimum Gasteiger partial charge on any atom is -0.478 e. The molecule has 0 aliphatic heterocycles. The zero-order valence-corrected chi connectivity index (χ0v) is 8.23. The van der Waals surface area contributed by atoms with Crippen molar-refractivity contribution in [1.82, 2.24) is 9.55 Å². The molecule has 0 fully saturated rings. The zero-order chi connectivity index (χ0) is 10.6. The van der Waals surface area contributed by atoms with Crippen LogP contribution in [0.3, 0.4) is 0 Å². The number of aryl methyl sites for hydroxylation is 1. The minimum absolute atomic E-state index is 0.0419. The second-order valence-corrected chi connectivity index (χ2v) is 3.13. The van der Waals surface area contributed by atoms with E-state index in [4.69, 9.17) is 5.11 Å². The van der Waals surface area contributed by atoms with Crippen molar-refractivity contribution in [2.75, 3.05) is 0 Å². The van der Waals surface area contributed by atoms with Gasteiger partial charge in [-0.1, -0.05) is 19.9 Å². The van der Waals surface area contributed by atoms with E-state index in [0.717, 1.165) is 19.4 Å². The predicted octanol–water partition coefficient (Wildman–Crippen LogP) is 1.78. The Hall–Kier alpha value is -1.58. The summed E-state index contributed by atoms with van der Waals surface area (Å²) < 4.78 is 1.88. The highest BCUT2D eigenvalue weighted by Crippen LogP contribution is 2.09. The summed E-state index contributed by atoms with van der Waals surface area (Å²) in [5.41, 5.74) is 0.480. The molecule has 4 heteroatoms. The van der Waals surface area contributed by atoms with E-state index in [1.54, 1.807) is 12.5 Å². The number of imidazole rings is 1. The van der Waals surface area contributed by atoms with E-state index in [1.165, 1.54) is 0 Å². The van der Waals surface area contributed by atoms with Gasteiger partial charge in [0.05, 0.1) is 17.6 Å². The highest BCUT2D eigenvalue weighted by Gasteiger charge is 2.09. The van der Waals surface area contributed by atoms with Crippen LogP contribution in [0.5, 0.6) is 0 Å². The number of aromatic nitrogens is 2. The third-order valence-electron chi connectivity index (χ3n) is 1.97. The van der Waals surface area contributed by atoms with Crippen LogP contribution in [0.1, 0.15) is 25.5 Å². The topological polar surface area (TPSA) is 55.1 Å². The fraction of sp³-hybridized carbons (Fsp3) is 0.400. The fourth-order valence-electron chi connectivity index (χ4n) is 1.09. The van der Waals surface area contributed by atoms with Crippen LogP contribution >= 0.6 is 0 Å². The Morgan fingerprint density at radius 2 is 2.43 bits per heavy atom. The van der Waals surface area contributed by atoms with Gasteiger partial charge >= 0.3 is 5.97 Å².